The maximum Gasteiger partial charge on any atom is 0.170 e. The summed E-state index contributed by atoms with van der Waals surface area (Å²) in [5.74, 6) is 0.668. The molecule has 0 N–H and O–H groups in total. The zero-order valence-electron chi connectivity index (χ0n) is 10.7. The van der Waals surface area contributed by atoms with Crippen molar-refractivity contribution in [1.29, 1.82) is 0 Å². The van der Waals surface area contributed by atoms with Crippen molar-refractivity contribution >= 4 is 5.78 Å². The summed E-state index contributed by atoms with van der Waals surface area (Å²) in [6.45, 7) is 3.06. The minimum atomic E-state index is -0.374. The molecule has 0 radical (unpaired) electrons. The van der Waals surface area contributed by atoms with Crippen molar-refractivity contribution in [3.05, 3.63) is 29.6 Å². The van der Waals surface area contributed by atoms with Gasteiger partial charge in [-0.25, -0.2) is 4.39 Å². The summed E-state index contributed by atoms with van der Waals surface area (Å²) in [6.07, 6.45) is 2.60. The fraction of sp³-hybridized carbons (Fsp3) is 0.533. The maximum absolute atomic E-state index is 13.2. The highest BCUT2D eigenvalue weighted by Crippen LogP contribution is 2.45. The van der Waals surface area contributed by atoms with Crippen LogP contribution >= 0.6 is 0 Å². The van der Waals surface area contributed by atoms with Crippen LogP contribution in [-0.4, -0.2) is 35.9 Å². The predicted octanol–water partition coefficient (Wildman–Crippen LogP) is 2.26. The van der Waals surface area contributed by atoms with E-state index in [0.29, 0.717) is 23.7 Å². The Balaban J connectivity index is 1.75. The van der Waals surface area contributed by atoms with E-state index < -0.39 is 0 Å². The number of hydrogen-bond acceptors (Lipinski definition) is 3. The van der Waals surface area contributed by atoms with Crippen molar-refractivity contribution in [1.82, 2.24) is 4.90 Å². The Morgan fingerprint density at radius 2 is 2.11 bits per heavy atom. The molecule has 1 atom stereocenters. The van der Waals surface area contributed by atoms with Crippen LogP contribution in [0.2, 0.25) is 0 Å². The van der Waals surface area contributed by atoms with E-state index in [2.05, 4.69) is 4.90 Å². The average molecular weight is 261 g/mol. The van der Waals surface area contributed by atoms with Gasteiger partial charge < -0.3 is 4.74 Å². The van der Waals surface area contributed by atoms with Gasteiger partial charge in [-0.2, -0.15) is 0 Å². The summed E-state index contributed by atoms with van der Waals surface area (Å²) in [5.41, 5.74) is 0.0420. The van der Waals surface area contributed by atoms with E-state index >= 15 is 0 Å². The fourth-order valence-electron chi connectivity index (χ4n) is 3.87. The topological polar surface area (TPSA) is 29.5 Å². The number of fused-ring (bicyclic) bond motifs is 3. The molecule has 5 rings (SSSR count). The Morgan fingerprint density at radius 3 is 2.79 bits per heavy atom. The monoisotopic (exact) mass is 261 g/mol. The van der Waals surface area contributed by atoms with Crippen molar-refractivity contribution in [2.45, 2.75) is 24.9 Å². The number of carbonyl (C=O) groups excluding carboxylic acids is 1. The third-order valence-corrected chi connectivity index (χ3v) is 4.84. The van der Waals surface area contributed by atoms with Crippen LogP contribution in [0, 0.1) is 11.7 Å². The second-order valence-electron chi connectivity index (χ2n) is 5.96. The Morgan fingerprint density at radius 1 is 1.32 bits per heavy atom. The van der Waals surface area contributed by atoms with Gasteiger partial charge in [-0.15, -0.1) is 0 Å². The molecule has 4 heteroatoms. The number of nitrogens with zero attached hydrogens (tertiary/aromatic N) is 1. The van der Waals surface area contributed by atoms with Crippen LogP contribution in [-0.2, 0) is 0 Å². The lowest BCUT2D eigenvalue weighted by molar-refractivity contribution is -0.0959. The van der Waals surface area contributed by atoms with Crippen molar-refractivity contribution < 1.29 is 13.9 Å². The van der Waals surface area contributed by atoms with Crippen LogP contribution in [0.15, 0.2) is 18.2 Å². The molecule has 19 heavy (non-hydrogen) atoms. The first-order valence-corrected chi connectivity index (χ1v) is 6.90. The van der Waals surface area contributed by atoms with Crippen LogP contribution in [0.5, 0.6) is 5.75 Å². The third kappa shape index (κ3) is 1.62. The molecule has 0 aliphatic carbocycles. The molecule has 100 valence electrons. The molecule has 4 heterocycles. The van der Waals surface area contributed by atoms with Crippen LogP contribution in [0.1, 0.15) is 29.6 Å². The Kier molecular flexibility index (Phi) is 2.28. The van der Waals surface area contributed by atoms with Crippen LogP contribution in [0.4, 0.5) is 4.39 Å². The van der Waals surface area contributed by atoms with Gasteiger partial charge in [-0.3, -0.25) is 9.69 Å². The molecule has 3 nitrogen and oxygen atoms in total. The highest BCUT2D eigenvalue weighted by atomic mass is 19.1. The smallest absolute Gasteiger partial charge is 0.170 e. The standard InChI is InChI=1S/C15H16FNO2/c16-11-1-2-14-12(7-11)13(18)8-15(19-14)9-17-5-3-10(15)4-6-17/h1-2,7,10H,3-6,8-9H2/t15-/m1/s1. The molecule has 3 saturated heterocycles. The lowest BCUT2D eigenvalue weighted by Crippen LogP contribution is -2.63. The van der Waals surface area contributed by atoms with Gasteiger partial charge in [0.2, 0.25) is 0 Å². The number of ether oxygens (including phenoxy) is 1. The third-order valence-electron chi connectivity index (χ3n) is 4.84. The highest BCUT2D eigenvalue weighted by Gasteiger charge is 2.52. The Bertz CT molecular complexity index is 551. The molecule has 4 aliphatic heterocycles. The van der Waals surface area contributed by atoms with E-state index in [9.17, 15) is 9.18 Å². The van der Waals surface area contributed by atoms with E-state index in [0.717, 1.165) is 32.5 Å². The second-order valence-corrected chi connectivity index (χ2v) is 5.96. The first kappa shape index (κ1) is 11.4. The molecule has 0 unspecified atom stereocenters. The molecule has 1 spiro atoms. The molecule has 0 saturated carbocycles. The van der Waals surface area contributed by atoms with Crippen molar-refractivity contribution in [3.8, 4) is 5.75 Å². The minimum Gasteiger partial charge on any atom is -0.484 e. The SMILES string of the molecule is O=C1C[C@]2(CN3CCC2CC3)Oc2ccc(F)cc21. The van der Waals surface area contributed by atoms with Gasteiger partial charge in [-0.1, -0.05) is 0 Å². The first-order chi connectivity index (χ1) is 9.16. The first-order valence-electron chi connectivity index (χ1n) is 6.90. The van der Waals surface area contributed by atoms with Gasteiger partial charge in [0.15, 0.2) is 5.78 Å². The van der Waals surface area contributed by atoms with E-state index in [1.54, 1.807) is 6.07 Å². The van der Waals surface area contributed by atoms with Crippen molar-refractivity contribution in [2.24, 2.45) is 5.92 Å². The number of carbonyl (C=O) groups is 1. The van der Waals surface area contributed by atoms with Gasteiger partial charge in [0.05, 0.1) is 12.0 Å². The number of rotatable bonds is 0. The summed E-state index contributed by atoms with van der Waals surface area (Å²) in [4.78, 5) is 14.7. The average Bonchev–Trinajstić information content (AvgIpc) is 2.41. The number of piperidine rings is 3. The molecule has 0 aromatic heterocycles. The molecule has 1 aromatic carbocycles. The number of hydrogen-bond donors (Lipinski definition) is 0. The maximum atomic E-state index is 13.2. The molecule has 2 bridgehead atoms. The van der Waals surface area contributed by atoms with Gasteiger partial charge in [-0.05, 0) is 44.1 Å². The zero-order chi connectivity index (χ0) is 13.0. The molecular formula is C15H16FNO2. The minimum absolute atomic E-state index is 0.0227. The lowest BCUT2D eigenvalue weighted by atomic mass is 9.71. The zero-order valence-corrected chi connectivity index (χ0v) is 10.7. The lowest BCUT2D eigenvalue weighted by Gasteiger charge is -2.54. The van der Waals surface area contributed by atoms with Crippen molar-refractivity contribution in [3.63, 3.8) is 0 Å². The van der Waals surface area contributed by atoms with E-state index in [4.69, 9.17) is 4.74 Å². The fourth-order valence-corrected chi connectivity index (χ4v) is 3.87. The molecule has 1 aromatic rings. The van der Waals surface area contributed by atoms with Crippen LogP contribution in [0.3, 0.4) is 0 Å². The summed E-state index contributed by atoms with van der Waals surface area (Å²) in [6, 6.07) is 4.26. The number of halogens is 1. The van der Waals surface area contributed by atoms with Crippen LogP contribution < -0.4 is 4.74 Å². The quantitative estimate of drug-likeness (QED) is 0.717. The van der Waals surface area contributed by atoms with Gasteiger partial charge >= 0.3 is 0 Å². The van der Waals surface area contributed by atoms with Gasteiger partial charge in [0, 0.05) is 12.5 Å². The molecule has 3 fully saturated rings. The molecule has 4 aliphatic rings. The van der Waals surface area contributed by atoms with E-state index in [1.807, 2.05) is 0 Å². The second kappa shape index (κ2) is 3.79. The van der Waals surface area contributed by atoms with Crippen molar-refractivity contribution in [2.75, 3.05) is 19.6 Å². The van der Waals surface area contributed by atoms with Crippen LogP contribution in [0.25, 0.3) is 0 Å². The normalized spacial score (nSPS) is 36.2. The van der Waals surface area contributed by atoms with E-state index in [-0.39, 0.29) is 17.2 Å². The summed E-state index contributed by atoms with van der Waals surface area (Å²) >= 11 is 0. The number of Topliss-reactive ketones (excluding diaryl/α,β-unsaturated/α-hetero) is 1. The summed E-state index contributed by atoms with van der Waals surface area (Å²) in [7, 11) is 0. The molecular weight excluding hydrogens is 245 g/mol. The summed E-state index contributed by atoms with van der Waals surface area (Å²) in [5, 5.41) is 0. The number of ketones is 1. The molecule has 0 amide bonds. The van der Waals surface area contributed by atoms with E-state index in [1.165, 1.54) is 12.1 Å². The largest absolute Gasteiger partial charge is 0.484 e. The predicted molar refractivity (Wildman–Crippen MR) is 67.9 cm³/mol. The van der Waals surface area contributed by atoms with Gasteiger partial charge in [0.25, 0.3) is 0 Å². The summed E-state index contributed by atoms with van der Waals surface area (Å²) < 4.78 is 19.4. The highest BCUT2D eigenvalue weighted by molar-refractivity contribution is 6.00. The Labute approximate surface area is 111 Å². The number of benzene rings is 1. The van der Waals surface area contributed by atoms with Gasteiger partial charge in [0.1, 0.15) is 17.2 Å². The Hall–Kier alpha value is -1.42.